The molecule has 176 valence electrons. The molecule has 1 aromatic rings. The molecule has 0 unspecified atom stereocenters. The van der Waals surface area contributed by atoms with Gasteiger partial charge in [-0.05, 0) is 106 Å². The summed E-state index contributed by atoms with van der Waals surface area (Å²) in [7, 11) is 0. The molecular formula is C29H45N3. The molecule has 32 heavy (non-hydrogen) atoms. The summed E-state index contributed by atoms with van der Waals surface area (Å²) >= 11 is 0. The van der Waals surface area contributed by atoms with Crippen molar-refractivity contribution in [2.75, 3.05) is 44.2 Å². The largest absolute Gasteiger partial charge is 0.371 e. The molecule has 1 spiro atoms. The maximum Gasteiger partial charge on any atom is 0.0366 e. The van der Waals surface area contributed by atoms with Gasteiger partial charge in [-0.1, -0.05) is 37.8 Å². The normalized spacial score (nSPS) is 31.9. The molecule has 6 rings (SSSR count). The molecule has 3 heterocycles. The molecule has 2 saturated carbocycles. The van der Waals surface area contributed by atoms with Gasteiger partial charge in [-0.2, -0.15) is 0 Å². The third-order valence-corrected chi connectivity index (χ3v) is 10.4. The van der Waals surface area contributed by atoms with Crippen LogP contribution in [0.1, 0.15) is 82.6 Å². The Kier molecular flexibility index (Phi) is 6.24. The highest BCUT2D eigenvalue weighted by atomic mass is 15.2. The van der Waals surface area contributed by atoms with Crippen molar-refractivity contribution in [1.82, 2.24) is 9.80 Å². The summed E-state index contributed by atoms with van der Waals surface area (Å²) in [4.78, 5) is 8.22. The molecule has 0 N–H and O–H groups in total. The fraction of sp³-hybridized carbons (Fsp3) is 0.793. The molecule has 3 heteroatoms. The number of piperidine rings is 3. The summed E-state index contributed by atoms with van der Waals surface area (Å²) in [6.07, 6.45) is 17.5. The first-order valence-corrected chi connectivity index (χ1v) is 14.1. The monoisotopic (exact) mass is 435 g/mol. The van der Waals surface area contributed by atoms with Crippen LogP contribution in [0.3, 0.4) is 0 Å². The van der Waals surface area contributed by atoms with Crippen LogP contribution in [0.15, 0.2) is 24.3 Å². The minimum atomic E-state index is 0.655. The number of hydrogen-bond acceptors (Lipinski definition) is 3. The number of anilines is 1. The van der Waals surface area contributed by atoms with Gasteiger partial charge < -0.3 is 9.80 Å². The average molecular weight is 436 g/mol. The Labute approximate surface area is 196 Å². The first kappa shape index (κ1) is 21.5. The highest BCUT2D eigenvalue weighted by Crippen LogP contribution is 2.43. The number of rotatable bonds is 4. The van der Waals surface area contributed by atoms with Gasteiger partial charge in [0.1, 0.15) is 0 Å². The van der Waals surface area contributed by atoms with Gasteiger partial charge in [0.05, 0.1) is 0 Å². The molecule has 5 fully saturated rings. The lowest BCUT2D eigenvalue weighted by Gasteiger charge is -2.50. The second kappa shape index (κ2) is 9.29. The van der Waals surface area contributed by atoms with Crippen LogP contribution in [0, 0.1) is 17.3 Å². The zero-order valence-corrected chi connectivity index (χ0v) is 20.3. The third-order valence-electron chi connectivity index (χ3n) is 10.4. The zero-order valence-electron chi connectivity index (χ0n) is 20.3. The highest BCUT2D eigenvalue weighted by molar-refractivity contribution is 5.48. The Morgan fingerprint density at radius 3 is 2.06 bits per heavy atom. The van der Waals surface area contributed by atoms with Crippen LogP contribution in [-0.4, -0.2) is 55.1 Å². The molecule has 0 radical (unpaired) electrons. The summed E-state index contributed by atoms with van der Waals surface area (Å²) < 4.78 is 0. The van der Waals surface area contributed by atoms with Crippen molar-refractivity contribution in [2.45, 2.75) is 89.6 Å². The SMILES string of the molecule is c1cc(N2CCC3(CC2)CCN(C2CCC2)CC3)ccc1CN1CC[C@@H]2CCCC[C@@H]2C1. The first-order valence-electron chi connectivity index (χ1n) is 14.1. The van der Waals surface area contributed by atoms with Crippen molar-refractivity contribution in [3.05, 3.63) is 29.8 Å². The second-order valence-corrected chi connectivity index (χ2v) is 12.1. The maximum absolute atomic E-state index is 2.82. The van der Waals surface area contributed by atoms with Crippen LogP contribution in [-0.2, 0) is 6.54 Å². The Bertz CT molecular complexity index is 736. The van der Waals surface area contributed by atoms with Gasteiger partial charge in [-0.25, -0.2) is 0 Å². The second-order valence-electron chi connectivity index (χ2n) is 12.1. The minimum Gasteiger partial charge on any atom is -0.371 e. The average Bonchev–Trinajstić information content (AvgIpc) is 2.81. The van der Waals surface area contributed by atoms with Crippen molar-refractivity contribution in [2.24, 2.45) is 17.3 Å². The lowest BCUT2D eigenvalue weighted by atomic mass is 9.70. The molecule has 3 nitrogen and oxygen atoms in total. The molecule has 1 aromatic carbocycles. The van der Waals surface area contributed by atoms with Gasteiger partial charge in [0.2, 0.25) is 0 Å². The van der Waals surface area contributed by atoms with Gasteiger partial charge in [-0.15, -0.1) is 0 Å². The van der Waals surface area contributed by atoms with E-state index in [9.17, 15) is 0 Å². The Morgan fingerprint density at radius 2 is 1.38 bits per heavy atom. The summed E-state index contributed by atoms with van der Waals surface area (Å²) in [6.45, 7) is 9.09. The number of benzene rings is 1. The molecule has 0 bridgehead atoms. The van der Waals surface area contributed by atoms with E-state index in [4.69, 9.17) is 0 Å². The van der Waals surface area contributed by atoms with Crippen molar-refractivity contribution in [1.29, 1.82) is 0 Å². The predicted octanol–water partition coefficient (Wildman–Crippen LogP) is 5.93. The Morgan fingerprint density at radius 1 is 0.688 bits per heavy atom. The lowest BCUT2D eigenvalue weighted by molar-refractivity contribution is 0.0306. The quantitative estimate of drug-likeness (QED) is 0.580. The van der Waals surface area contributed by atoms with E-state index in [0.29, 0.717) is 5.41 Å². The van der Waals surface area contributed by atoms with Crippen LogP contribution in [0.2, 0.25) is 0 Å². The van der Waals surface area contributed by atoms with E-state index >= 15 is 0 Å². The lowest BCUT2D eigenvalue weighted by Crippen LogP contribution is -2.50. The topological polar surface area (TPSA) is 9.72 Å². The van der Waals surface area contributed by atoms with Crippen LogP contribution < -0.4 is 4.90 Å². The molecule has 3 aliphatic heterocycles. The molecule has 2 aliphatic carbocycles. The van der Waals surface area contributed by atoms with Gasteiger partial charge in [-0.3, -0.25) is 4.90 Å². The third kappa shape index (κ3) is 4.49. The van der Waals surface area contributed by atoms with E-state index < -0.39 is 0 Å². The van der Waals surface area contributed by atoms with E-state index in [1.54, 1.807) is 0 Å². The van der Waals surface area contributed by atoms with Crippen LogP contribution in [0.4, 0.5) is 5.69 Å². The highest BCUT2D eigenvalue weighted by Gasteiger charge is 2.39. The van der Waals surface area contributed by atoms with E-state index in [1.165, 1.54) is 128 Å². The van der Waals surface area contributed by atoms with Crippen LogP contribution in [0.25, 0.3) is 0 Å². The zero-order chi connectivity index (χ0) is 21.4. The van der Waals surface area contributed by atoms with E-state index in [-0.39, 0.29) is 0 Å². The summed E-state index contributed by atoms with van der Waals surface area (Å²) in [5, 5.41) is 0. The van der Waals surface area contributed by atoms with E-state index in [1.807, 2.05) is 0 Å². The number of likely N-dealkylation sites (tertiary alicyclic amines) is 2. The van der Waals surface area contributed by atoms with Gasteiger partial charge in [0, 0.05) is 37.9 Å². The summed E-state index contributed by atoms with van der Waals surface area (Å²) in [5.41, 5.74) is 3.63. The van der Waals surface area contributed by atoms with Crippen molar-refractivity contribution in [3.8, 4) is 0 Å². The molecule has 0 amide bonds. The Balaban J connectivity index is 0.986. The van der Waals surface area contributed by atoms with Gasteiger partial charge >= 0.3 is 0 Å². The molecule has 2 atom stereocenters. The van der Waals surface area contributed by atoms with Crippen molar-refractivity contribution >= 4 is 5.69 Å². The standard InChI is InChI=1S/C29H45N3/c1-2-5-26-23-30(17-12-25(26)4-1)22-24-8-10-28(11-9-24)32-20-15-29(16-21-32)13-18-31(19-14-29)27-6-3-7-27/h8-11,25-27H,1-7,12-23H2/t25-,26+/m0/s1. The first-order chi connectivity index (χ1) is 15.8. The van der Waals surface area contributed by atoms with Crippen molar-refractivity contribution in [3.63, 3.8) is 0 Å². The fourth-order valence-electron chi connectivity index (χ4n) is 7.74. The molecular weight excluding hydrogens is 390 g/mol. The van der Waals surface area contributed by atoms with Gasteiger partial charge in [0.25, 0.3) is 0 Å². The maximum atomic E-state index is 2.82. The van der Waals surface area contributed by atoms with E-state index in [0.717, 1.165) is 24.4 Å². The summed E-state index contributed by atoms with van der Waals surface area (Å²) in [5.74, 6) is 2.02. The number of fused-ring (bicyclic) bond motifs is 1. The molecule has 5 aliphatic rings. The van der Waals surface area contributed by atoms with Crippen LogP contribution >= 0.6 is 0 Å². The summed E-state index contributed by atoms with van der Waals surface area (Å²) in [6, 6.07) is 10.6. The number of nitrogens with zero attached hydrogens (tertiary/aromatic N) is 3. The van der Waals surface area contributed by atoms with Crippen LogP contribution in [0.5, 0.6) is 0 Å². The predicted molar refractivity (Wildman–Crippen MR) is 134 cm³/mol. The van der Waals surface area contributed by atoms with Gasteiger partial charge in [0.15, 0.2) is 0 Å². The van der Waals surface area contributed by atoms with E-state index in [2.05, 4.69) is 39.0 Å². The minimum absolute atomic E-state index is 0.655. The fourth-order valence-corrected chi connectivity index (χ4v) is 7.74. The number of hydrogen-bond donors (Lipinski definition) is 0. The molecule has 3 saturated heterocycles. The molecule has 0 aromatic heterocycles. The smallest absolute Gasteiger partial charge is 0.0366 e. The Hall–Kier alpha value is -1.06. The van der Waals surface area contributed by atoms with Crippen molar-refractivity contribution < 1.29 is 0 Å².